The molecular weight excluding hydrogens is 148 g/mol. The van der Waals surface area contributed by atoms with E-state index in [2.05, 4.69) is 13.8 Å². The van der Waals surface area contributed by atoms with Crippen LogP contribution in [0.3, 0.4) is 0 Å². The first kappa shape index (κ1) is 8.55. The van der Waals surface area contributed by atoms with Crippen LogP contribution in [0.5, 0.6) is 0 Å². The van der Waals surface area contributed by atoms with E-state index in [4.69, 9.17) is 4.74 Å². The fourth-order valence-corrected chi connectivity index (χ4v) is 2.94. The summed E-state index contributed by atoms with van der Waals surface area (Å²) in [5, 5.41) is 0. The molecule has 0 amide bonds. The second-order valence-electron chi connectivity index (χ2n) is 4.85. The lowest BCUT2D eigenvalue weighted by molar-refractivity contribution is -0.118. The van der Waals surface area contributed by atoms with Gasteiger partial charge in [0.25, 0.3) is 0 Å². The normalized spacial score (nSPS) is 48.5. The summed E-state index contributed by atoms with van der Waals surface area (Å²) in [4.78, 5) is 0. The first-order valence-electron chi connectivity index (χ1n) is 5.38. The number of rotatable bonds is 0. The number of ether oxygens (including phenoxy) is 1. The lowest BCUT2D eigenvalue weighted by atomic mass is 9.89. The van der Waals surface area contributed by atoms with Gasteiger partial charge in [0.05, 0.1) is 11.7 Å². The monoisotopic (exact) mass is 168 g/mol. The highest BCUT2D eigenvalue weighted by Crippen LogP contribution is 2.44. The largest absolute Gasteiger partial charge is 0.372 e. The smallest absolute Gasteiger partial charge is 0.0688 e. The summed E-state index contributed by atoms with van der Waals surface area (Å²) in [7, 11) is 0. The van der Waals surface area contributed by atoms with Crippen molar-refractivity contribution in [2.24, 2.45) is 5.92 Å². The molecule has 2 aliphatic rings. The molecule has 70 valence electrons. The Labute approximate surface area is 75.5 Å². The van der Waals surface area contributed by atoms with Crippen LogP contribution in [0, 0.1) is 5.92 Å². The molecule has 0 aromatic rings. The average molecular weight is 168 g/mol. The zero-order chi connectivity index (χ0) is 8.60. The van der Waals surface area contributed by atoms with Gasteiger partial charge in [-0.25, -0.2) is 0 Å². The fraction of sp³-hybridized carbons (Fsp3) is 1.00. The summed E-state index contributed by atoms with van der Waals surface area (Å²) in [5.74, 6) is 0.898. The third-order valence-electron chi connectivity index (χ3n) is 3.51. The van der Waals surface area contributed by atoms with Crippen molar-refractivity contribution < 1.29 is 4.74 Å². The maximum absolute atomic E-state index is 6.11. The van der Waals surface area contributed by atoms with Crippen molar-refractivity contribution in [3.8, 4) is 0 Å². The van der Waals surface area contributed by atoms with Crippen LogP contribution in [-0.2, 0) is 4.74 Å². The average Bonchev–Trinajstić information content (AvgIpc) is 2.32. The third kappa shape index (κ3) is 1.52. The Morgan fingerprint density at radius 2 is 2.00 bits per heavy atom. The molecule has 1 aliphatic heterocycles. The highest BCUT2D eigenvalue weighted by atomic mass is 16.5. The molecule has 0 bridgehead atoms. The summed E-state index contributed by atoms with van der Waals surface area (Å²) >= 11 is 0. The van der Waals surface area contributed by atoms with Gasteiger partial charge in [-0.1, -0.05) is 6.92 Å². The first-order chi connectivity index (χ1) is 5.70. The van der Waals surface area contributed by atoms with Gasteiger partial charge in [-0.15, -0.1) is 0 Å². The van der Waals surface area contributed by atoms with E-state index in [1.807, 2.05) is 0 Å². The van der Waals surface area contributed by atoms with E-state index in [0.29, 0.717) is 11.7 Å². The molecule has 12 heavy (non-hydrogen) atoms. The molecule has 0 N–H and O–H groups in total. The van der Waals surface area contributed by atoms with Crippen LogP contribution >= 0.6 is 0 Å². The quantitative estimate of drug-likeness (QED) is 0.540. The van der Waals surface area contributed by atoms with Crippen LogP contribution in [0.4, 0.5) is 0 Å². The first-order valence-corrected chi connectivity index (χ1v) is 5.38. The van der Waals surface area contributed by atoms with E-state index in [1.165, 1.54) is 38.5 Å². The van der Waals surface area contributed by atoms with Crippen LogP contribution in [-0.4, -0.2) is 11.7 Å². The van der Waals surface area contributed by atoms with Crippen molar-refractivity contribution in [3.63, 3.8) is 0 Å². The molecule has 2 fully saturated rings. The minimum atomic E-state index is 0.317. The standard InChI is InChI=1S/C11H20O/c1-9-5-7-11(8-9)6-3-4-10(2)12-11/h9-10H,3-8H2,1-2H3. The van der Waals surface area contributed by atoms with Crippen LogP contribution in [0.1, 0.15) is 52.4 Å². The molecule has 2 rings (SSSR count). The van der Waals surface area contributed by atoms with Gasteiger partial charge in [0.1, 0.15) is 0 Å². The summed E-state index contributed by atoms with van der Waals surface area (Å²) in [6.07, 6.45) is 8.51. The maximum Gasteiger partial charge on any atom is 0.0688 e. The van der Waals surface area contributed by atoms with Gasteiger partial charge in [-0.05, 0) is 51.4 Å². The molecule has 1 saturated heterocycles. The van der Waals surface area contributed by atoms with Crippen molar-refractivity contribution in [2.45, 2.75) is 64.1 Å². The molecule has 1 spiro atoms. The minimum Gasteiger partial charge on any atom is -0.372 e. The summed E-state index contributed by atoms with van der Waals surface area (Å²) in [5.41, 5.74) is 0.317. The predicted molar refractivity (Wildman–Crippen MR) is 50.1 cm³/mol. The second-order valence-corrected chi connectivity index (χ2v) is 4.85. The molecular formula is C11H20O. The molecule has 0 aromatic carbocycles. The van der Waals surface area contributed by atoms with Gasteiger partial charge in [0.2, 0.25) is 0 Å². The molecule has 1 heteroatoms. The van der Waals surface area contributed by atoms with Crippen LogP contribution in [0.15, 0.2) is 0 Å². The Bertz CT molecular complexity index is 162. The van der Waals surface area contributed by atoms with Crippen molar-refractivity contribution in [1.82, 2.24) is 0 Å². The molecule has 3 atom stereocenters. The van der Waals surface area contributed by atoms with Crippen molar-refractivity contribution in [1.29, 1.82) is 0 Å². The highest BCUT2D eigenvalue weighted by molar-refractivity contribution is 4.92. The van der Waals surface area contributed by atoms with Crippen molar-refractivity contribution >= 4 is 0 Å². The van der Waals surface area contributed by atoms with Gasteiger partial charge in [0.15, 0.2) is 0 Å². The van der Waals surface area contributed by atoms with Crippen molar-refractivity contribution in [2.75, 3.05) is 0 Å². The zero-order valence-electron chi connectivity index (χ0n) is 8.31. The fourth-order valence-electron chi connectivity index (χ4n) is 2.94. The zero-order valence-corrected chi connectivity index (χ0v) is 8.31. The lowest BCUT2D eigenvalue weighted by Gasteiger charge is -2.37. The maximum atomic E-state index is 6.11. The topological polar surface area (TPSA) is 9.23 Å². The van der Waals surface area contributed by atoms with E-state index >= 15 is 0 Å². The number of hydrogen-bond donors (Lipinski definition) is 0. The molecule has 1 aliphatic carbocycles. The van der Waals surface area contributed by atoms with E-state index in [9.17, 15) is 0 Å². The summed E-state index contributed by atoms with van der Waals surface area (Å²) in [6.45, 7) is 4.58. The van der Waals surface area contributed by atoms with Gasteiger partial charge in [-0.2, -0.15) is 0 Å². The van der Waals surface area contributed by atoms with Gasteiger partial charge in [-0.3, -0.25) is 0 Å². The van der Waals surface area contributed by atoms with E-state index in [1.54, 1.807) is 0 Å². The van der Waals surface area contributed by atoms with Crippen LogP contribution in [0.2, 0.25) is 0 Å². The Kier molecular flexibility index (Phi) is 2.16. The molecule has 0 aromatic heterocycles. The third-order valence-corrected chi connectivity index (χ3v) is 3.51. The summed E-state index contributed by atoms with van der Waals surface area (Å²) < 4.78 is 6.11. The number of hydrogen-bond acceptors (Lipinski definition) is 1. The minimum absolute atomic E-state index is 0.317. The molecule has 0 radical (unpaired) electrons. The molecule has 1 saturated carbocycles. The molecule has 1 nitrogen and oxygen atoms in total. The van der Waals surface area contributed by atoms with E-state index in [0.717, 1.165) is 5.92 Å². The lowest BCUT2D eigenvalue weighted by Crippen LogP contribution is -2.37. The van der Waals surface area contributed by atoms with E-state index < -0.39 is 0 Å². The summed E-state index contributed by atoms with van der Waals surface area (Å²) in [6, 6.07) is 0. The Morgan fingerprint density at radius 1 is 1.17 bits per heavy atom. The highest BCUT2D eigenvalue weighted by Gasteiger charge is 2.41. The molecule has 1 heterocycles. The second kappa shape index (κ2) is 3.02. The Balaban J connectivity index is 2.00. The predicted octanol–water partition coefficient (Wildman–Crippen LogP) is 3.13. The van der Waals surface area contributed by atoms with Crippen LogP contribution < -0.4 is 0 Å². The Morgan fingerprint density at radius 3 is 2.58 bits per heavy atom. The molecule has 3 unspecified atom stereocenters. The van der Waals surface area contributed by atoms with Crippen molar-refractivity contribution in [3.05, 3.63) is 0 Å². The van der Waals surface area contributed by atoms with E-state index in [-0.39, 0.29) is 0 Å². The van der Waals surface area contributed by atoms with Gasteiger partial charge >= 0.3 is 0 Å². The van der Waals surface area contributed by atoms with Crippen LogP contribution in [0.25, 0.3) is 0 Å². The van der Waals surface area contributed by atoms with Gasteiger partial charge < -0.3 is 4.74 Å². The SMILES string of the molecule is CC1CCC2(CCCC(C)O2)C1. The Hall–Kier alpha value is -0.0400. The van der Waals surface area contributed by atoms with Gasteiger partial charge in [0, 0.05) is 0 Å².